The number of amides is 2. The number of hydrogen-bond acceptors (Lipinski definition) is 11. The lowest BCUT2D eigenvalue weighted by Gasteiger charge is -2.55. The van der Waals surface area contributed by atoms with E-state index in [9.17, 15) is 37.2 Å². The molecule has 4 heterocycles. The van der Waals surface area contributed by atoms with E-state index in [1.807, 2.05) is 0 Å². The van der Waals surface area contributed by atoms with Crippen LogP contribution in [-0.4, -0.2) is 78.0 Å². The van der Waals surface area contributed by atoms with Crippen molar-refractivity contribution in [2.45, 2.75) is 25.8 Å². The molecule has 2 N–H and O–H groups in total. The first-order valence-corrected chi connectivity index (χ1v) is 14.7. The molecule has 0 bridgehead atoms. The molecule has 3 atom stereocenters. The number of methoxy groups -OCH3 is 1. The number of carbonyl (C=O) groups excluding carboxylic acids is 2. The van der Waals surface area contributed by atoms with Gasteiger partial charge in [0, 0.05) is 35.9 Å². The van der Waals surface area contributed by atoms with Gasteiger partial charge in [0.1, 0.15) is 11.1 Å². The number of rotatable bonds is 9. The number of alkyl halides is 3. The Morgan fingerprint density at radius 3 is 2.78 bits per heavy atom. The third-order valence-electron chi connectivity index (χ3n) is 4.96. The highest BCUT2D eigenvalue weighted by molar-refractivity contribution is 8.01. The molecule has 36 heavy (non-hydrogen) atoms. The van der Waals surface area contributed by atoms with E-state index < -0.39 is 57.0 Å². The van der Waals surface area contributed by atoms with Crippen LogP contribution >= 0.6 is 46.2 Å². The Kier molecular flexibility index (Phi) is 7.94. The molecule has 194 valence electrons. The molecule has 0 aliphatic carbocycles. The van der Waals surface area contributed by atoms with Crippen LogP contribution in [0.15, 0.2) is 37.3 Å². The highest BCUT2D eigenvalue weighted by Crippen LogP contribution is 2.47. The molecule has 0 spiro atoms. The maximum atomic E-state index is 13.1. The molecule has 1 unspecified atom stereocenters. The lowest BCUT2D eigenvalue weighted by molar-refractivity contribution is -0.192. The summed E-state index contributed by atoms with van der Waals surface area (Å²) in [5, 5.41) is 18.5. The maximum Gasteiger partial charge on any atom is 0.445 e. The Labute approximate surface area is 220 Å². The fourth-order valence-electron chi connectivity index (χ4n) is 3.41. The first-order valence-electron chi connectivity index (χ1n) is 9.70. The number of aromatic nitrogens is 2. The molecule has 2 aromatic rings. The molecule has 2 amide bonds. The van der Waals surface area contributed by atoms with Crippen LogP contribution in [0.4, 0.5) is 13.2 Å². The van der Waals surface area contributed by atoms with Crippen LogP contribution in [0, 0.1) is 0 Å². The Balaban J connectivity index is 1.48. The fraction of sp³-hybridized carbons (Fsp3) is 0.389. The number of fused-ring (bicyclic) bond motifs is 1. The molecule has 10 nitrogen and oxygen atoms in total. The zero-order valence-electron chi connectivity index (χ0n) is 17.9. The minimum Gasteiger partial charge on any atom is -0.610 e. The predicted molar refractivity (Wildman–Crippen MR) is 127 cm³/mol. The second-order valence-corrected chi connectivity index (χ2v) is 13.1. The third-order valence-corrected chi connectivity index (χ3v) is 11.1. The summed E-state index contributed by atoms with van der Waals surface area (Å²) in [5.41, 5.74) is -1.89. The van der Waals surface area contributed by atoms with E-state index in [-0.39, 0.29) is 21.5 Å². The lowest BCUT2D eigenvalue weighted by Crippen LogP contribution is -2.81. The van der Waals surface area contributed by atoms with Crippen LogP contribution < -0.4 is 5.32 Å². The first kappa shape index (κ1) is 27.2. The molecule has 2 aromatic heterocycles. The van der Waals surface area contributed by atoms with Gasteiger partial charge in [-0.05, 0) is 17.0 Å². The number of carboxylic acid groups (broad SMARTS) is 1. The summed E-state index contributed by atoms with van der Waals surface area (Å²) in [6.45, 7) is 0. The number of hydrogen-bond donors (Lipinski definition) is 2. The second kappa shape index (κ2) is 10.5. The van der Waals surface area contributed by atoms with Gasteiger partial charge < -0.3 is 19.7 Å². The quantitative estimate of drug-likeness (QED) is 0.190. The molecular weight excluding hydrogens is 586 g/mol. The smallest absolute Gasteiger partial charge is 0.445 e. The van der Waals surface area contributed by atoms with Gasteiger partial charge in [0.25, 0.3) is 17.5 Å². The average Bonchev–Trinajstić information content (AvgIpc) is 3.52. The van der Waals surface area contributed by atoms with E-state index in [0.29, 0.717) is 21.1 Å². The van der Waals surface area contributed by atoms with Crippen LogP contribution in [-0.2, 0) is 36.5 Å². The Morgan fingerprint density at radius 1 is 1.44 bits per heavy atom. The number of nitrogens with one attached hydrogen (secondary N) is 1. The van der Waals surface area contributed by atoms with Gasteiger partial charge in [0.05, 0.1) is 0 Å². The summed E-state index contributed by atoms with van der Waals surface area (Å²) >= 11 is 1.92. The summed E-state index contributed by atoms with van der Waals surface area (Å²) in [6.07, 6.45) is -4.63. The highest BCUT2D eigenvalue weighted by Gasteiger charge is 2.66. The number of aliphatic carboxylic acids is 1. The topological polar surface area (TPSA) is 145 Å². The standard InChI is InChI=1S/C18H15F3N4O6S5/c1-31-17(22-9(26)7-36(30)10-3-2-4-32-10)14(29)25-11(12(27)28)8(5-33-15(17)25)6-34-16-24-23-13(35-16)18(19,20)21/h2-4,15H,5-7H2,1H3,(H,22,26)(H,27,28)/t15-,17-,36?/m0/s1. The summed E-state index contributed by atoms with van der Waals surface area (Å²) in [6, 6.07) is 3.30. The number of β-lactam (4-membered cyclic amide) rings is 1. The zero-order chi connectivity index (χ0) is 26.3. The Bertz CT molecular complexity index is 1210. The maximum absolute atomic E-state index is 13.1. The van der Waals surface area contributed by atoms with Crippen LogP contribution in [0.2, 0.25) is 0 Å². The van der Waals surface area contributed by atoms with Crippen LogP contribution in [0.25, 0.3) is 0 Å². The largest absolute Gasteiger partial charge is 0.610 e. The van der Waals surface area contributed by atoms with Gasteiger partial charge in [0.15, 0.2) is 10.1 Å². The molecule has 18 heteroatoms. The van der Waals surface area contributed by atoms with Crippen LogP contribution in [0.1, 0.15) is 5.01 Å². The SMILES string of the molecule is CO[C@@]1(NC(=O)C[S+]([O-])c2cccs2)C(=O)N2C(C(=O)O)=C(CSc3nnc(C(F)(F)F)s3)CS[C@H]21. The van der Waals surface area contributed by atoms with E-state index in [1.54, 1.807) is 17.5 Å². The molecule has 0 saturated carbocycles. The van der Waals surface area contributed by atoms with Gasteiger partial charge in [-0.3, -0.25) is 14.5 Å². The van der Waals surface area contributed by atoms with Crippen molar-refractivity contribution in [3.63, 3.8) is 0 Å². The molecule has 2 aliphatic rings. The van der Waals surface area contributed by atoms with Crippen LogP contribution in [0.3, 0.4) is 0 Å². The van der Waals surface area contributed by atoms with Crippen molar-refractivity contribution in [2.24, 2.45) is 0 Å². The third kappa shape index (κ3) is 5.11. The van der Waals surface area contributed by atoms with Crippen molar-refractivity contribution in [3.8, 4) is 0 Å². The van der Waals surface area contributed by atoms with Crippen molar-refractivity contribution < 1.29 is 42.0 Å². The monoisotopic (exact) mass is 600 g/mol. The molecule has 0 radical (unpaired) electrons. The van der Waals surface area contributed by atoms with Gasteiger partial charge in [0.2, 0.25) is 9.22 Å². The molecule has 2 aliphatic heterocycles. The molecule has 0 aromatic carbocycles. The Hall–Kier alpha value is -1.83. The molecule has 1 saturated heterocycles. The number of carboxylic acids is 1. The van der Waals surface area contributed by atoms with E-state index in [1.165, 1.54) is 18.4 Å². The molecule has 1 fully saturated rings. The molecule has 4 rings (SSSR count). The van der Waals surface area contributed by atoms with Crippen molar-refractivity contribution in [2.75, 3.05) is 24.4 Å². The number of ether oxygens (including phenoxy) is 1. The molecular formula is C18H15F3N4O6S5. The predicted octanol–water partition coefficient (Wildman–Crippen LogP) is 2.23. The lowest BCUT2D eigenvalue weighted by atomic mass is 9.98. The van der Waals surface area contributed by atoms with Crippen molar-refractivity contribution in [1.29, 1.82) is 0 Å². The zero-order valence-corrected chi connectivity index (χ0v) is 22.0. The summed E-state index contributed by atoms with van der Waals surface area (Å²) in [5.74, 6) is -3.29. The number of thioether (sulfide) groups is 2. The summed E-state index contributed by atoms with van der Waals surface area (Å²) in [7, 11) is 1.19. The van der Waals surface area contributed by atoms with E-state index >= 15 is 0 Å². The van der Waals surface area contributed by atoms with Crippen molar-refractivity contribution in [1.82, 2.24) is 20.4 Å². The summed E-state index contributed by atoms with van der Waals surface area (Å²) < 4.78 is 56.4. The van der Waals surface area contributed by atoms with E-state index in [2.05, 4.69) is 15.5 Å². The normalized spacial score (nSPS) is 22.8. The first-order chi connectivity index (χ1) is 17.0. The minimum atomic E-state index is -4.63. The number of thiophene rings is 1. The average molecular weight is 601 g/mol. The van der Waals surface area contributed by atoms with Gasteiger partial charge in [-0.25, -0.2) is 4.79 Å². The van der Waals surface area contributed by atoms with Gasteiger partial charge in [-0.1, -0.05) is 34.4 Å². The van der Waals surface area contributed by atoms with Gasteiger partial charge in [-0.15, -0.1) is 22.0 Å². The summed E-state index contributed by atoms with van der Waals surface area (Å²) in [4.78, 5) is 38.7. The number of halogens is 3. The Morgan fingerprint density at radius 2 is 2.19 bits per heavy atom. The minimum absolute atomic E-state index is 0.00105. The van der Waals surface area contributed by atoms with Gasteiger partial charge in [-0.2, -0.15) is 13.2 Å². The van der Waals surface area contributed by atoms with E-state index in [0.717, 1.165) is 28.4 Å². The van der Waals surface area contributed by atoms with Crippen molar-refractivity contribution in [3.05, 3.63) is 33.8 Å². The van der Waals surface area contributed by atoms with Crippen molar-refractivity contribution >= 4 is 75.2 Å². The fourth-order valence-corrected chi connectivity index (χ4v) is 8.61. The van der Waals surface area contributed by atoms with Gasteiger partial charge >= 0.3 is 12.1 Å². The second-order valence-electron chi connectivity index (χ2n) is 7.17. The number of nitrogens with zero attached hydrogens (tertiary/aromatic N) is 3. The number of carbonyl (C=O) groups is 3. The van der Waals surface area contributed by atoms with E-state index in [4.69, 9.17) is 4.74 Å². The highest BCUT2D eigenvalue weighted by atomic mass is 32.2. The van der Waals surface area contributed by atoms with Crippen LogP contribution in [0.5, 0.6) is 0 Å².